The van der Waals surface area contributed by atoms with Gasteiger partial charge in [0.15, 0.2) is 6.23 Å². The molecule has 0 aliphatic carbocycles. The standard InChI is InChI=1S/C13H23N3O4/c1-3-6-19-11-7-10(8-17)20-13(11)16(9-18)5-4-12(14)15-2/h4-5,9-11,13,17H,3,6-8H2,1-2H3,(H2,14,15)/b5-4-. The van der Waals surface area contributed by atoms with Gasteiger partial charge in [-0.2, -0.15) is 0 Å². The summed E-state index contributed by atoms with van der Waals surface area (Å²) >= 11 is 0. The van der Waals surface area contributed by atoms with Gasteiger partial charge in [-0.1, -0.05) is 6.92 Å². The van der Waals surface area contributed by atoms with E-state index in [1.54, 1.807) is 7.05 Å². The lowest BCUT2D eigenvalue weighted by Crippen LogP contribution is -2.39. The SMILES string of the molecule is CCCOC1CC(CO)OC1N(C=O)/C=C\C(N)=NC. The van der Waals surface area contributed by atoms with Gasteiger partial charge in [0.25, 0.3) is 0 Å². The molecule has 0 radical (unpaired) electrons. The van der Waals surface area contributed by atoms with Gasteiger partial charge in [0.2, 0.25) is 6.41 Å². The summed E-state index contributed by atoms with van der Waals surface area (Å²) in [5.74, 6) is 0.305. The summed E-state index contributed by atoms with van der Waals surface area (Å²) in [6.07, 6.45) is 3.94. The normalized spacial score (nSPS) is 27.1. The number of nitrogens with zero attached hydrogens (tertiary/aromatic N) is 2. The Morgan fingerprint density at radius 1 is 1.65 bits per heavy atom. The zero-order chi connectivity index (χ0) is 15.0. The van der Waals surface area contributed by atoms with Crippen molar-refractivity contribution in [2.24, 2.45) is 10.7 Å². The molecule has 1 amide bonds. The van der Waals surface area contributed by atoms with E-state index in [4.69, 9.17) is 15.2 Å². The summed E-state index contributed by atoms with van der Waals surface area (Å²) in [5.41, 5.74) is 5.55. The average molecular weight is 285 g/mol. The minimum atomic E-state index is -0.558. The Hall–Kier alpha value is -1.44. The number of nitrogens with two attached hydrogens (primary N) is 1. The Morgan fingerprint density at radius 2 is 2.40 bits per heavy atom. The largest absolute Gasteiger partial charge is 0.394 e. The second-order valence-electron chi connectivity index (χ2n) is 4.49. The minimum Gasteiger partial charge on any atom is -0.394 e. The highest BCUT2D eigenvalue weighted by Crippen LogP contribution is 2.25. The molecule has 1 aliphatic rings. The molecule has 3 atom stereocenters. The topological polar surface area (TPSA) is 97.4 Å². The maximum absolute atomic E-state index is 11.2. The van der Waals surface area contributed by atoms with Gasteiger partial charge in [0.05, 0.1) is 12.7 Å². The molecule has 3 N–H and O–H groups in total. The molecule has 1 heterocycles. The van der Waals surface area contributed by atoms with Gasteiger partial charge >= 0.3 is 0 Å². The molecule has 20 heavy (non-hydrogen) atoms. The molecule has 0 aromatic heterocycles. The van der Waals surface area contributed by atoms with Crippen LogP contribution in [0.2, 0.25) is 0 Å². The lowest BCUT2D eigenvalue weighted by Gasteiger charge is -2.26. The molecule has 1 saturated heterocycles. The highest BCUT2D eigenvalue weighted by Gasteiger charge is 2.38. The number of carbonyl (C=O) groups is 1. The Balaban J connectivity index is 2.75. The minimum absolute atomic E-state index is 0.0997. The molecule has 0 aromatic carbocycles. The fourth-order valence-electron chi connectivity index (χ4n) is 1.93. The lowest BCUT2D eigenvalue weighted by atomic mass is 10.2. The van der Waals surface area contributed by atoms with Crippen LogP contribution in [0, 0.1) is 0 Å². The smallest absolute Gasteiger partial charge is 0.215 e. The molecule has 7 heteroatoms. The first-order chi connectivity index (χ1) is 9.65. The van der Waals surface area contributed by atoms with Crippen LogP contribution < -0.4 is 5.73 Å². The number of aliphatic hydroxyl groups excluding tert-OH is 1. The van der Waals surface area contributed by atoms with Crippen molar-refractivity contribution in [1.82, 2.24) is 4.90 Å². The molecule has 0 saturated carbocycles. The Morgan fingerprint density at radius 3 is 2.95 bits per heavy atom. The van der Waals surface area contributed by atoms with E-state index in [9.17, 15) is 9.90 Å². The molecule has 1 fully saturated rings. The van der Waals surface area contributed by atoms with Crippen LogP contribution in [0.1, 0.15) is 19.8 Å². The molecular weight excluding hydrogens is 262 g/mol. The van der Waals surface area contributed by atoms with Crippen LogP contribution in [0.4, 0.5) is 0 Å². The first-order valence-electron chi connectivity index (χ1n) is 6.67. The zero-order valence-corrected chi connectivity index (χ0v) is 11.9. The van der Waals surface area contributed by atoms with Gasteiger partial charge in [0.1, 0.15) is 11.9 Å². The highest BCUT2D eigenvalue weighted by molar-refractivity contribution is 5.91. The molecule has 0 bridgehead atoms. The number of rotatable bonds is 8. The van der Waals surface area contributed by atoms with Crippen LogP contribution in [-0.4, -0.2) is 60.9 Å². The second-order valence-corrected chi connectivity index (χ2v) is 4.49. The number of hydrogen-bond acceptors (Lipinski definition) is 5. The second kappa shape index (κ2) is 8.68. The van der Waals surface area contributed by atoms with Crippen LogP contribution in [0.15, 0.2) is 17.3 Å². The Labute approximate surface area is 119 Å². The predicted octanol–water partition coefficient (Wildman–Crippen LogP) is -0.152. The highest BCUT2D eigenvalue weighted by atomic mass is 16.6. The van der Waals surface area contributed by atoms with E-state index in [0.29, 0.717) is 25.3 Å². The average Bonchev–Trinajstić information content (AvgIpc) is 2.88. The summed E-state index contributed by atoms with van der Waals surface area (Å²) in [7, 11) is 1.56. The van der Waals surface area contributed by atoms with Crippen molar-refractivity contribution >= 4 is 12.2 Å². The third-order valence-electron chi connectivity index (χ3n) is 2.98. The number of amides is 1. The molecule has 0 spiro atoms. The van der Waals surface area contributed by atoms with E-state index < -0.39 is 6.23 Å². The summed E-state index contributed by atoms with van der Waals surface area (Å²) in [5, 5.41) is 9.19. The lowest BCUT2D eigenvalue weighted by molar-refractivity contribution is -0.136. The van der Waals surface area contributed by atoms with E-state index in [2.05, 4.69) is 4.99 Å². The van der Waals surface area contributed by atoms with Crippen molar-refractivity contribution in [2.75, 3.05) is 20.3 Å². The van der Waals surface area contributed by atoms with E-state index in [0.717, 1.165) is 6.42 Å². The van der Waals surface area contributed by atoms with Gasteiger partial charge in [-0.25, -0.2) is 0 Å². The summed E-state index contributed by atoms with van der Waals surface area (Å²) in [6, 6.07) is 0. The van der Waals surface area contributed by atoms with Gasteiger partial charge in [-0.3, -0.25) is 14.7 Å². The summed E-state index contributed by atoms with van der Waals surface area (Å²) < 4.78 is 11.3. The van der Waals surface area contributed by atoms with Crippen LogP contribution in [0.25, 0.3) is 0 Å². The third kappa shape index (κ3) is 4.59. The van der Waals surface area contributed by atoms with Crippen molar-refractivity contribution in [3.63, 3.8) is 0 Å². The van der Waals surface area contributed by atoms with Crippen LogP contribution in [-0.2, 0) is 14.3 Å². The summed E-state index contributed by atoms with van der Waals surface area (Å²) in [6.45, 7) is 2.49. The molecular formula is C13H23N3O4. The van der Waals surface area contributed by atoms with Crippen molar-refractivity contribution in [1.29, 1.82) is 0 Å². The van der Waals surface area contributed by atoms with E-state index in [1.165, 1.54) is 17.2 Å². The van der Waals surface area contributed by atoms with Crippen molar-refractivity contribution in [2.45, 2.75) is 38.2 Å². The van der Waals surface area contributed by atoms with Crippen LogP contribution in [0.3, 0.4) is 0 Å². The fourth-order valence-corrected chi connectivity index (χ4v) is 1.93. The van der Waals surface area contributed by atoms with Gasteiger partial charge in [-0.15, -0.1) is 0 Å². The molecule has 3 unspecified atom stereocenters. The van der Waals surface area contributed by atoms with Crippen LogP contribution >= 0.6 is 0 Å². The fraction of sp³-hybridized carbons (Fsp3) is 0.692. The van der Waals surface area contributed by atoms with Crippen LogP contribution in [0.5, 0.6) is 0 Å². The van der Waals surface area contributed by atoms with Crippen molar-refractivity contribution in [3.8, 4) is 0 Å². The predicted molar refractivity (Wildman–Crippen MR) is 75.0 cm³/mol. The maximum atomic E-state index is 11.2. The van der Waals surface area contributed by atoms with Gasteiger partial charge in [0, 0.05) is 26.3 Å². The molecule has 114 valence electrons. The van der Waals surface area contributed by atoms with Crippen molar-refractivity contribution < 1.29 is 19.4 Å². The number of carbonyl (C=O) groups excluding carboxylic acids is 1. The third-order valence-corrected chi connectivity index (χ3v) is 2.98. The number of aliphatic hydroxyl groups is 1. The first-order valence-corrected chi connectivity index (χ1v) is 6.67. The summed E-state index contributed by atoms with van der Waals surface area (Å²) in [4.78, 5) is 16.3. The van der Waals surface area contributed by atoms with Gasteiger partial charge in [-0.05, 0) is 12.5 Å². The number of amidine groups is 1. The van der Waals surface area contributed by atoms with E-state index in [1.807, 2.05) is 6.92 Å². The monoisotopic (exact) mass is 285 g/mol. The number of aliphatic imine (C=N–C) groups is 1. The van der Waals surface area contributed by atoms with Crippen molar-refractivity contribution in [3.05, 3.63) is 12.3 Å². The van der Waals surface area contributed by atoms with E-state index >= 15 is 0 Å². The number of ether oxygens (including phenoxy) is 2. The Kier molecular flexibility index (Phi) is 7.21. The van der Waals surface area contributed by atoms with Gasteiger partial charge < -0.3 is 20.3 Å². The first kappa shape index (κ1) is 16.6. The maximum Gasteiger partial charge on any atom is 0.215 e. The van der Waals surface area contributed by atoms with E-state index in [-0.39, 0.29) is 18.8 Å². The Bertz CT molecular complexity index is 360. The molecule has 1 rings (SSSR count). The quantitative estimate of drug-likeness (QED) is 0.367. The molecule has 7 nitrogen and oxygen atoms in total. The zero-order valence-electron chi connectivity index (χ0n) is 11.9. The molecule has 0 aromatic rings. The number of hydrogen-bond donors (Lipinski definition) is 2. The molecule has 1 aliphatic heterocycles.